The fraction of sp³-hybridized carbons (Fsp3) is 0.357. The predicted octanol–water partition coefficient (Wildman–Crippen LogP) is 3.90. The maximum Gasteiger partial charge on any atom is 0.161 e. The van der Waals surface area contributed by atoms with Gasteiger partial charge >= 0.3 is 0 Å². The van der Waals surface area contributed by atoms with Crippen molar-refractivity contribution in [2.45, 2.75) is 19.2 Å². The molecule has 0 aliphatic heterocycles. The van der Waals surface area contributed by atoms with Crippen molar-refractivity contribution in [1.82, 2.24) is 4.98 Å². The van der Waals surface area contributed by atoms with Crippen LogP contribution in [0.4, 0.5) is 0 Å². The van der Waals surface area contributed by atoms with Gasteiger partial charge in [0.25, 0.3) is 0 Å². The molecule has 0 aliphatic rings. The molecule has 0 bridgehead atoms. The minimum absolute atomic E-state index is 0.463. The SMILES string of the molecule is CCOc1ccccc1OCCc1nc(CCl)cs1. The third-order valence-corrected chi connectivity index (χ3v) is 3.69. The zero-order valence-corrected chi connectivity index (χ0v) is 12.3. The Morgan fingerprint density at radius 1 is 1.21 bits per heavy atom. The number of alkyl halides is 1. The van der Waals surface area contributed by atoms with Gasteiger partial charge < -0.3 is 9.47 Å². The molecule has 0 amide bonds. The van der Waals surface area contributed by atoms with Gasteiger partial charge in [0.1, 0.15) is 0 Å². The summed E-state index contributed by atoms with van der Waals surface area (Å²) in [7, 11) is 0. The number of thiazole rings is 1. The van der Waals surface area contributed by atoms with Crippen molar-refractivity contribution >= 4 is 22.9 Å². The van der Waals surface area contributed by atoms with Crippen LogP contribution in [0, 0.1) is 0 Å². The molecule has 0 atom stereocenters. The molecule has 3 nitrogen and oxygen atoms in total. The number of hydrogen-bond donors (Lipinski definition) is 0. The second-order valence-corrected chi connectivity index (χ2v) is 5.05. The summed E-state index contributed by atoms with van der Waals surface area (Å²) in [6.45, 7) is 3.17. The van der Waals surface area contributed by atoms with E-state index in [1.807, 2.05) is 36.6 Å². The van der Waals surface area contributed by atoms with Crippen molar-refractivity contribution in [2.24, 2.45) is 0 Å². The summed E-state index contributed by atoms with van der Waals surface area (Å²) < 4.78 is 11.3. The van der Waals surface area contributed by atoms with Crippen molar-refractivity contribution in [3.63, 3.8) is 0 Å². The molecule has 0 saturated heterocycles. The first-order valence-corrected chi connectivity index (χ1v) is 7.58. The summed E-state index contributed by atoms with van der Waals surface area (Å²) in [5.41, 5.74) is 0.927. The van der Waals surface area contributed by atoms with Gasteiger partial charge in [0.15, 0.2) is 11.5 Å². The molecule has 2 aromatic rings. The molecule has 102 valence electrons. The van der Waals surface area contributed by atoms with Gasteiger partial charge in [-0.1, -0.05) is 12.1 Å². The monoisotopic (exact) mass is 297 g/mol. The van der Waals surface area contributed by atoms with Gasteiger partial charge in [-0.05, 0) is 19.1 Å². The van der Waals surface area contributed by atoms with E-state index in [2.05, 4.69) is 4.98 Å². The van der Waals surface area contributed by atoms with Crippen LogP contribution in [0.25, 0.3) is 0 Å². The summed E-state index contributed by atoms with van der Waals surface area (Å²) >= 11 is 7.34. The van der Waals surface area contributed by atoms with Crippen LogP contribution in [0.3, 0.4) is 0 Å². The van der Waals surface area contributed by atoms with Crippen LogP contribution in [0.15, 0.2) is 29.6 Å². The number of hydrogen-bond acceptors (Lipinski definition) is 4. The Morgan fingerprint density at radius 2 is 1.95 bits per heavy atom. The van der Waals surface area contributed by atoms with Crippen molar-refractivity contribution in [3.05, 3.63) is 40.3 Å². The van der Waals surface area contributed by atoms with Gasteiger partial charge in [0, 0.05) is 11.8 Å². The molecule has 1 aromatic heterocycles. The van der Waals surface area contributed by atoms with E-state index in [9.17, 15) is 0 Å². The quantitative estimate of drug-likeness (QED) is 0.726. The molecule has 5 heteroatoms. The summed E-state index contributed by atoms with van der Waals surface area (Å²) in [5, 5.41) is 3.03. The van der Waals surface area contributed by atoms with E-state index in [-0.39, 0.29) is 0 Å². The van der Waals surface area contributed by atoms with Crippen LogP contribution in [0.1, 0.15) is 17.6 Å². The van der Waals surface area contributed by atoms with Crippen molar-refractivity contribution in [3.8, 4) is 11.5 Å². The first kappa shape index (κ1) is 14.2. The molecule has 0 spiro atoms. The Morgan fingerprint density at radius 3 is 2.58 bits per heavy atom. The summed E-state index contributed by atoms with van der Waals surface area (Å²) in [6, 6.07) is 7.70. The zero-order valence-electron chi connectivity index (χ0n) is 10.8. The molecule has 19 heavy (non-hydrogen) atoms. The Kier molecular flexibility index (Phi) is 5.48. The number of halogens is 1. The van der Waals surface area contributed by atoms with Crippen LogP contribution in [-0.2, 0) is 12.3 Å². The summed E-state index contributed by atoms with van der Waals surface area (Å²) in [6.07, 6.45) is 0.780. The molecule has 0 N–H and O–H groups in total. The van der Waals surface area contributed by atoms with Gasteiger partial charge in [-0.3, -0.25) is 0 Å². The maximum absolute atomic E-state index is 5.75. The highest BCUT2D eigenvalue weighted by Gasteiger charge is 2.05. The Hall–Kier alpha value is -1.26. The first-order chi connectivity index (χ1) is 9.33. The van der Waals surface area contributed by atoms with Crippen molar-refractivity contribution in [2.75, 3.05) is 13.2 Å². The molecule has 0 radical (unpaired) electrons. The lowest BCUT2D eigenvalue weighted by Crippen LogP contribution is -2.03. The molecular weight excluding hydrogens is 282 g/mol. The minimum Gasteiger partial charge on any atom is -0.490 e. The molecule has 2 rings (SSSR count). The maximum atomic E-state index is 5.75. The lowest BCUT2D eigenvalue weighted by atomic mass is 10.3. The summed E-state index contributed by atoms with van der Waals surface area (Å²) in [4.78, 5) is 4.39. The molecule has 0 aliphatic carbocycles. The predicted molar refractivity (Wildman–Crippen MR) is 78.5 cm³/mol. The van der Waals surface area contributed by atoms with Gasteiger partial charge in [-0.25, -0.2) is 4.98 Å². The van der Waals surface area contributed by atoms with Crippen molar-refractivity contribution < 1.29 is 9.47 Å². The second kappa shape index (κ2) is 7.36. The highest BCUT2D eigenvalue weighted by atomic mass is 35.5. The van der Waals surface area contributed by atoms with E-state index < -0.39 is 0 Å². The number of ether oxygens (including phenoxy) is 2. The van der Waals surface area contributed by atoms with Gasteiger partial charge in [0.05, 0.1) is 29.8 Å². The number of rotatable bonds is 7. The van der Waals surface area contributed by atoms with E-state index in [0.29, 0.717) is 19.1 Å². The van der Waals surface area contributed by atoms with Crippen LogP contribution >= 0.6 is 22.9 Å². The second-order valence-electron chi connectivity index (χ2n) is 3.84. The number of para-hydroxylation sites is 2. The van der Waals surface area contributed by atoms with E-state index in [1.54, 1.807) is 11.3 Å². The molecule has 1 heterocycles. The normalized spacial score (nSPS) is 10.4. The molecule has 0 unspecified atom stereocenters. The third-order valence-electron chi connectivity index (χ3n) is 2.46. The van der Waals surface area contributed by atoms with Gasteiger partial charge in [-0.2, -0.15) is 0 Å². The molecular formula is C14H16ClNO2S. The van der Waals surface area contributed by atoms with Crippen molar-refractivity contribution in [1.29, 1.82) is 0 Å². The standard InChI is InChI=1S/C14H16ClNO2S/c1-2-17-12-5-3-4-6-13(12)18-8-7-14-16-11(9-15)10-19-14/h3-6,10H,2,7-9H2,1H3. The number of nitrogens with zero attached hydrogens (tertiary/aromatic N) is 1. The van der Waals surface area contributed by atoms with Gasteiger partial charge in [0.2, 0.25) is 0 Å². The highest BCUT2D eigenvalue weighted by Crippen LogP contribution is 2.26. The minimum atomic E-state index is 0.463. The van der Waals surface area contributed by atoms with E-state index in [1.165, 1.54) is 0 Å². The number of aromatic nitrogens is 1. The Labute approximate surface area is 122 Å². The topological polar surface area (TPSA) is 31.4 Å². The van der Waals surface area contributed by atoms with Gasteiger partial charge in [-0.15, -0.1) is 22.9 Å². The lowest BCUT2D eigenvalue weighted by Gasteiger charge is -2.10. The average Bonchev–Trinajstić information content (AvgIpc) is 2.89. The van der Waals surface area contributed by atoms with E-state index >= 15 is 0 Å². The highest BCUT2D eigenvalue weighted by molar-refractivity contribution is 7.09. The van der Waals surface area contributed by atoms with Crippen LogP contribution in [0.5, 0.6) is 11.5 Å². The fourth-order valence-electron chi connectivity index (χ4n) is 1.62. The molecule has 1 aromatic carbocycles. The summed E-state index contributed by atoms with van der Waals surface area (Å²) in [5.74, 6) is 2.02. The smallest absolute Gasteiger partial charge is 0.161 e. The first-order valence-electron chi connectivity index (χ1n) is 6.17. The van der Waals surface area contributed by atoms with Crippen LogP contribution in [0.2, 0.25) is 0 Å². The Bertz CT molecular complexity index is 516. The largest absolute Gasteiger partial charge is 0.490 e. The fourth-order valence-corrected chi connectivity index (χ4v) is 2.63. The lowest BCUT2D eigenvalue weighted by molar-refractivity contribution is 0.279. The van der Waals surface area contributed by atoms with Crippen LogP contribution < -0.4 is 9.47 Å². The van der Waals surface area contributed by atoms with E-state index in [4.69, 9.17) is 21.1 Å². The average molecular weight is 298 g/mol. The molecule has 0 fully saturated rings. The Balaban J connectivity index is 1.88. The van der Waals surface area contributed by atoms with Crippen LogP contribution in [-0.4, -0.2) is 18.2 Å². The number of benzene rings is 1. The third kappa shape index (κ3) is 4.11. The van der Waals surface area contributed by atoms with E-state index in [0.717, 1.165) is 28.6 Å². The zero-order chi connectivity index (χ0) is 13.5. The molecule has 0 saturated carbocycles.